The van der Waals surface area contributed by atoms with Gasteiger partial charge in [-0.05, 0) is 38.5 Å². The molecule has 0 spiro atoms. The SMILES string of the molecule is CCCCCCCCCCCC(=O)OCCCC(C)C.CCCCCCCCCCCCCCCCCC(=O)OCC. The number of rotatable bonds is 31. The van der Waals surface area contributed by atoms with E-state index < -0.39 is 0 Å². The number of carbonyl (C=O) groups is 2. The summed E-state index contributed by atoms with van der Waals surface area (Å²) in [5, 5.41) is 0. The summed E-state index contributed by atoms with van der Waals surface area (Å²) in [7, 11) is 0. The molecule has 0 saturated heterocycles. The van der Waals surface area contributed by atoms with Gasteiger partial charge in [-0.2, -0.15) is 0 Å². The molecule has 0 unspecified atom stereocenters. The van der Waals surface area contributed by atoms with E-state index in [4.69, 9.17) is 9.47 Å². The molecule has 42 heavy (non-hydrogen) atoms. The summed E-state index contributed by atoms with van der Waals surface area (Å²) in [6.07, 6.45) is 35.3. The summed E-state index contributed by atoms with van der Waals surface area (Å²) in [6, 6.07) is 0. The van der Waals surface area contributed by atoms with Gasteiger partial charge >= 0.3 is 11.9 Å². The minimum atomic E-state index is -0.0304. The van der Waals surface area contributed by atoms with Crippen LogP contribution in [0.5, 0.6) is 0 Å². The van der Waals surface area contributed by atoms with Gasteiger partial charge in [0, 0.05) is 12.8 Å². The number of unbranched alkanes of at least 4 members (excludes halogenated alkanes) is 22. The molecular formula is C38H76O4. The lowest BCUT2D eigenvalue weighted by Gasteiger charge is -2.06. The van der Waals surface area contributed by atoms with Crippen LogP contribution in [-0.4, -0.2) is 25.2 Å². The smallest absolute Gasteiger partial charge is 0.305 e. The minimum Gasteiger partial charge on any atom is -0.466 e. The summed E-state index contributed by atoms with van der Waals surface area (Å²) < 4.78 is 10.1. The third-order valence-electron chi connectivity index (χ3n) is 7.96. The maximum atomic E-state index is 11.5. The first-order valence-electron chi connectivity index (χ1n) is 18.8. The standard InChI is InChI=1S/C20H40O2.C18H36O2/c1-3-5-6-7-8-9-10-11-12-13-14-15-16-17-18-19-20(21)22-4-2;1-4-5-6-7-8-9-10-11-12-15-18(19)20-16-13-14-17(2)3/h3-19H2,1-2H3;17H,4-16H2,1-3H3. The van der Waals surface area contributed by atoms with E-state index in [1.807, 2.05) is 6.92 Å². The van der Waals surface area contributed by atoms with Crippen LogP contribution in [0, 0.1) is 5.92 Å². The summed E-state index contributed by atoms with van der Waals surface area (Å²) in [5.41, 5.74) is 0. The van der Waals surface area contributed by atoms with Crippen molar-refractivity contribution in [2.24, 2.45) is 5.92 Å². The molecule has 0 saturated carbocycles. The molecule has 0 aromatic rings. The van der Waals surface area contributed by atoms with Gasteiger partial charge in [-0.3, -0.25) is 9.59 Å². The van der Waals surface area contributed by atoms with Crippen LogP contribution in [0.1, 0.15) is 214 Å². The topological polar surface area (TPSA) is 52.6 Å². The quantitative estimate of drug-likeness (QED) is 0.0590. The maximum absolute atomic E-state index is 11.5. The Balaban J connectivity index is 0. The lowest BCUT2D eigenvalue weighted by Crippen LogP contribution is -2.06. The highest BCUT2D eigenvalue weighted by Gasteiger charge is 2.03. The fourth-order valence-corrected chi connectivity index (χ4v) is 5.20. The van der Waals surface area contributed by atoms with Gasteiger partial charge in [0.05, 0.1) is 13.2 Å². The normalized spacial score (nSPS) is 10.9. The molecule has 0 radical (unpaired) electrons. The molecule has 252 valence electrons. The van der Waals surface area contributed by atoms with E-state index in [1.54, 1.807) is 0 Å². The molecule has 0 amide bonds. The molecule has 4 nitrogen and oxygen atoms in total. The van der Waals surface area contributed by atoms with Gasteiger partial charge in [-0.15, -0.1) is 0 Å². The third kappa shape index (κ3) is 41.1. The van der Waals surface area contributed by atoms with Crippen molar-refractivity contribution in [3.63, 3.8) is 0 Å². The first-order chi connectivity index (χ1) is 20.5. The van der Waals surface area contributed by atoms with Gasteiger partial charge in [0.2, 0.25) is 0 Å². The number of hydrogen-bond acceptors (Lipinski definition) is 4. The van der Waals surface area contributed by atoms with Crippen LogP contribution in [0.3, 0.4) is 0 Å². The fourth-order valence-electron chi connectivity index (χ4n) is 5.20. The zero-order chi connectivity index (χ0) is 31.4. The summed E-state index contributed by atoms with van der Waals surface area (Å²) >= 11 is 0. The Morgan fingerprint density at radius 1 is 0.429 bits per heavy atom. The predicted octanol–water partition coefficient (Wildman–Crippen LogP) is 12.7. The lowest BCUT2D eigenvalue weighted by atomic mass is 10.0. The molecule has 0 aromatic carbocycles. The highest BCUT2D eigenvalue weighted by molar-refractivity contribution is 5.69. The second kappa shape index (κ2) is 38.0. The Morgan fingerprint density at radius 3 is 1.05 bits per heavy atom. The van der Waals surface area contributed by atoms with E-state index in [1.165, 1.54) is 141 Å². The molecule has 0 aliphatic rings. The van der Waals surface area contributed by atoms with Crippen LogP contribution in [0.2, 0.25) is 0 Å². The van der Waals surface area contributed by atoms with Gasteiger partial charge in [0.1, 0.15) is 0 Å². The van der Waals surface area contributed by atoms with Crippen molar-refractivity contribution in [3.05, 3.63) is 0 Å². The van der Waals surface area contributed by atoms with Gasteiger partial charge in [-0.25, -0.2) is 0 Å². The Labute approximate surface area is 264 Å². The Bertz CT molecular complexity index is 531. The molecule has 0 fully saturated rings. The van der Waals surface area contributed by atoms with E-state index in [9.17, 15) is 9.59 Å². The summed E-state index contributed by atoms with van der Waals surface area (Å²) in [5.74, 6) is 0.667. The second-order valence-electron chi connectivity index (χ2n) is 12.8. The Hall–Kier alpha value is -1.06. The van der Waals surface area contributed by atoms with Gasteiger partial charge in [-0.1, -0.05) is 169 Å². The van der Waals surface area contributed by atoms with Crippen molar-refractivity contribution in [2.45, 2.75) is 214 Å². The van der Waals surface area contributed by atoms with Crippen LogP contribution in [0.25, 0.3) is 0 Å². The van der Waals surface area contributed by atoms with Gasteiger partial charge in [0.15, 0.2) is 0 Å². The molecule has 0 rings (SSSR count). The average molecular weight is 597 g/mol. The molecular weight excluding hydrogens is 520 g/mol. The summed E-state index contributed by atoms with van der Waals surface area (Å²) in [4.78, 5) is 22.6. The summed E-state index contributed by atoms with van der Waals surface area (Å²) in [6.45, 7) is 11.9. The largest absolute Gasteiger partial charge is 0.466 e. The van der Waals surface area contributed by atoms with Gasteiger partial charge < -0.3 is 9.47 Å². The second-order valence-corrected chi connectivity index (χ2v) is 12.8. The number of hydrogen-bond donors (Lipinski definition) is 0. The molecule has 0 bridgehead atoms. The number of esters is 2. The first kappa shape index (κ1) is 43.1. The van der Waals surface area contributed by atoms with Crippen LogP contribution in [0.15, 0.2) is 0 Å². The molecule has 0 heterocycles. The lowest BCUT2D eigenvalue weighted by molar-refractivity contribution is -0.144. The predicted molar refractivity (Wildman–Crippen MR) is 183 cm³/mol. The first-order valence-corrected chi connectivity index (χ1v) is 18.8. The molecule has 0 atom stereocenters. The monoisotopic (exact) mass is 597 g/mol. The highest BCUT2D eigenvalue weighted by Crippen LogP contribution is 2.14. The van der Waals surface area contributed by atoms with E-state index >= 15 is 0 Å². The van der Waals surface area contributed by atoms with Crippen LogP contribution in [0.4, 0.5) is 0 Å². The zero-order valence-corrected chi connectivity index (χ0v) is 29.4. The van der Waals surface area contributed by atoms with E-state index in [0.717, 1.165) is 25.7 Å². The molecule has 0 aliphatic heterocycles. The van der Waals surface area contributed by atoms with E-state index in [-0.39, 0.29) is 11.9 Å². The maximum Gasteiger partial charge on any atom is 0.305 e. The van der Waals surface area contributed by atoms with Gasteiger partial charge in [0.25, 0.3) is 0 Å². The van der Waals surface area contributed by atoms with Crippen molar-refractivity contribution in [2.75, 3.05) is 13.2 Å². The Morgan fingerprint density at radius 2 is 0.738 bits per heavy atom. The Kier molecular flexibility index (Phi) is 38.9. The molecule has 0 aromatic heterocycles. The molecule has 0 aliphatic carbocycles. The zero-order valence-electron chi connectivity index (χ0n) is 29.4. The highest BCUT2D eigenvalue weighted by atomic mass is 16.5. The minimum absolute atomic E-state index is 0.00305. The number of ether oxygens (including phenoxy) is 2. The fraction of sp³-hybridized carbons (Fsp3) is 0.947. The third-order valence-corrected chi connectivity index (χ3v) is 7.96. The van der Waals surface area contributed by atoms with E-state index in [0.29, 0.717) is 32.0 Å². The van der Waals surface area contributed by atoms with Crippen molar-refractivity contribution >= 4 is 11.9 Å². The van der Waals surface area contributed by atoms with Crippen LogP contribution >= 0.6 is 0 Å². The van der Waals surface area contributed by atoms with Crippen molar-refractivity contribution in [1.29, 1.82) is 0 Å². The van der Waals surface area contributed by atoms with Crippen molar-refractivity contribution < 1.29 is 19.1 Å². The average Bonchev–Trinajstić information content (AvgIpc) is 2.97. The number of carbonyl (C=O) groups excluding carboxylic acids is 2. The van der Waals surface area contributed by atoms with Crippen LogP contribution in [-0.2, 0) is 19.1 Å². The van der Waals surface area contributed by atoms with Crippen molar-refractivity contribution in [1.82, 2.24) is 0 Å². The molecule has 4 heteroatoms. The van der Waals surface area contributed by atoms with Crippen LogP contribution < -0.4 is 0 Å². The molecule has 0 N–H and O–H groups in total. The van der Waals surface area contributed by atoms with E-state index in [2.05, 4.69) is 27.7 Å². The van der Waals surface area contributed by atoms with Crippen molar-refractivity contribution in [3.8, 4) is 0 Å².